The van der Waals surface area contributed by atoms with Crippen LogP contribution in [-0.2, 0) is 17.7 Å². The van der Waals surface area contributed by atoms with Crippen molar-refractivity contribution >= 4 is 18.4 Å². The van der Waals surface area contributed by atoms with Crippen LogP contribution in [0.5, 0.6) is 0 Å². The molecule has 4 nitrogen and oxygen atoms in total. The number of hydrogen-bond donors (Lipinski definition) is 1. The smallest absolute Gasteiger partial charge is 0.337 e. The van der Waals surface area contributed by atoms with Crippen LogP contribution in [0.3, 0.4) is 0 Å². The van der Waals surface area contributed by atoms with Gasteiger partial charge in [0.1, 0.15) is 17.3 Å². The molecule has 0 saturated carbocycles. The van der Waals surface area contributed by atoms with Gasteiger partial charge in [-0.1, -0.05) is 24.3 Å². The Morgan fingerprint density at radius 2 is 1.74 bits per heavy atom. The van der Waals surface area contributed by atoms with Gasteiger partial charge in [-0.15, -0.1) is 12.4 Å². The Bertz CT molecular complexity index is 860. The van der Waals surface area contributed by atoms with Crippen molar-refractivity contribution in [2.75, 3.05) is 13.7 Å². The molecule has 142 valence electrons. The number of esters is 1. The number of halogens is 2. The summed E-state index contributed by atoms with van der Waals surface area (Å²) in [5.74, 6) is 0.999. The lowest BCUT2D eigenvalue weighted by Crippen LogP contribution is -2.16. The maximum Gasteiger partial charge on any atom is 0.337 e. The van der Waals surface area contributed by atoms with Gasteiger partial charge in [-0.2, -0.15) is 0 Å². The Morgan fingerprint density at radius 1 is 1.04 bits per heavy atom. The molecule has 1 aromatic heterocycles. The molecule has 0 aliphatic rings. The van der Waals surface area contributed by atoms with E-state index in [9.17, 15) is 9.18 Å². The zero-order chi connectivity index (χ0) is 18.4. The first kappa shape index (κ1) is 20.7. The molecular formula is C21H21ClFNO3. The van der Waals surface area contributed by atoms with E-state index in [1.807, 2.05) is 24.3 Å². The Balaban J connectivity index is 0.00000261. The van der Waals surface area contributed by atoms with Crippen molar-refractivity contribution in [2.45, 2.75) is 13.0 Å². The van der Waals surface area contributed by atoms with Crippen molar-refractivity contribution in [3.8, 4) is 11.3 Å². The summed E-state index contributed by atoms with van der Waals surface area (Å²) in [7, 11) is 1.36. The van der Waals surface area contributed by atoms with Crippen molar-refractivity contribution < 1.29 is 18.3 Å². The zero-order valence-corrected chi connectivity index (χ0v) is 15.7. The average Bonchev–Trinajstić information content (AvgIpc) is 3.15. The summed E-state index contributed by atoms with van der Waals surface area (Å²) < 4.78 is 23.4. The molecule has 0 amide bonds. The molecule has 0 unspecified atom stereocenters. The number of rotatable bonds is 7. The summed E-state index contributed by atoms with van der Waals surface area (Å²) in [4.78, 5) is 11.5. The molecule has 0 fully saturated rings. The lowest BCUT2D eigenvalue weighted by Gasteiger charge is -2.04. The molecule has 0 atom stereocenters. The van der Waals surface area contributed by atoms with Gasteiger partial charge in [0.2, 0.25) is 0 Å². The summed E-state index contributed by atoms with van der Waals surface area (Å²) in [5.41, 5.74) is 2.49. The lowest BCUT2D eigenvalue weighted by molar-refractivity contribution is 0.0600. The SMILES string of the molecule is COC(=O)c1ccc(-c2ccc(CNCCc3ccc(F)cc3)o2)cc1.Cl. The summed E-state index contributed by atoms with van der Waals surface area (Å²) in [6, 6.07) is 17.4. The molecule has 0 spiro atoms. The van der Waals surface area contributed by atoms with Crippen LogP contribution in [0, 0.1) is 5.82 Å². The molecule has 3 rings (SSSR count). The molecule has 1 N–H and O–H groups in total. The second-order valence-electron chi connectivity index (χ2n) is 5.89. The van der Waals surface area contributed by atoms with E-state index in [1.165, 1.54) is 19.2 Å². The monoisotopic (exact) mass is 389 g/mol. The zero-order valence-electron chi connectivity index (χ0n) is 14.9. The molecular weight excluding hydrogens is 369 g/mol. The quantitative estimate of drug-likeness (QED) is 0.473. The second kappa shape index (κ2) is 9.90. The summed E-state index contributed by atoms with van der Waals surface area (Å²) in [6.07, 6.45) is 0.822. The second-order valence-corrected chi connectivity index (χ2v) is 5.89. The minimum atomic E-state index is -0.359. The Kier molecular flexibility index (Phi) is 7.58. The molecule has 0 bridgehead atoms. The van der Waals surface area contributed by atoms with Crippen molar-refractivity contribution in [3.05, 3.63) is 83.4 Å². The van der Waals surface area contributed by atoms with E-state index in [0.29, 0.717) is 12.1 Å². The van der Waals surface area contributed by atoms with Crippen molar-refractivity contribution in [2.24, 2.45) is 0 Å². The van der Waals surface area contributed by atoms with Crippen LogP contribution in [0.15, 0.2) is 65.1 Å². The maximum atomic E-state index is 12.9. The number of hydrogen-bond acceptors (Lipinski definition) is 4. The number of benzene rings is 2. The molecule has 0 aliphatic heterocycles. The van der Waals surface area contributed by atoms with Gasteiger partial charge in [-0.05, 0) is 54.9 Å². The first-order valence-electron chi connectivity index (χ1n) is 8.38. The fourth-order valence-corrected chi connectivity index (χ4v) is 2.61. The molecule has 1 heterocycles. The van der Waals surface area contributed by atoms with Crippen molar-refractivity contribution in [1.82, 2.24) is 5.32 Å². The number of methoxy groups -OCH3 is 1. The first-order chi connectivity index (χ1) is 12.7. The van der Waals surface area contributed by atoms with Gasteiger partial charge in [-0.3, -0.25) is 0 Å². The number of carbonyl (C=O) groups excluding carboxylic acids is 1. The van der Waals surface area contributed by atoms with Gasteiger partial charge in [0.05, 0.1) is 19.2 Å². The summed E-state index contributed by atoms with van der Waals surface area (Å²) >= 11 is 0. The highest BCUT2D eigenvalue weighted by molar-refractivity contribution is 5.89. The van der Waals surface area contributed by atoms with Gasteiger partial charge in [0.15, 0.2) is 0 Å². The fraction of sp³-hybridized carbons (Fsp3) is 0.190. The third kappa shape index (κ3) is 5.67. The fourth-order valence-electron chi connectivity index (χ4n) is 2.61. The highest BCUT2D eigenvalue weighted by Crippen LogP contribution is 2.22. The third-order valence-corrected chi connectivity index (χ3v) is 4.06. The van der Waals surface area contributed by atoms with Gasteiger partial charge in [-0.25, -0.2) is 9.18 Å². The predicted molar refractivity (Wildman–Crippen MR) is 105 cm³/mol. The summed E-state index contributed by atoms with van der Waals surface area (Å²) in [5, 5.41) is 3.31. The highest BCUT2D eigenvalue weighted by Gasteiger charge is 2.08. The number of ether oxygens (including phenoxy) is 1. The largest absolute Gasteiger partial charge is 0.465 e. The number of furan rings is 1. The van der Waals surface area contributed by atoms with Crippen LogP contribution >= 0.6 is 12.4 Å². The van der Waals surface area contributed by atoms with Gasteiger partial charge < -0.3 is 14.5 Å². The minimum Gasteiger partial charge on any atom is -0.465 e. The Morgan fingerprint density at radius 3 is 2.41 bits per heavy atom. The van der Waals surface area contributed by atoms with Crippen LogP contribution in [0.4, 0.5) is 4.39 Å². The molecule has 2 aromatic carbocycles. The van der Waals surface area contributed by atoms with E-state index in [1.54, 1.807) is 24.3 Å². The topological polar surface area (TPSA) is 51.5 Å². The normalized spacial score (nSPS) is 10.3. The lowest BCUT2D eigenvalue weighted by atomic mass is 10.1. The molecule has 0 aliphatic carbocycles. The molecule has 6 heteroatoms. The molecule has 0 radical (unpaired) electrons. The van der Waals surface area contributed by atoms with Crippen LogP contribution in [0.1, 0.15) is 21.7 Å². The van der Waals surface area contributed by atoms with Crippen LogP contribution in [-0.4, -0.2) is 19.6 Å². The van der Waals surface area contributed by atoms with E-state index in [0.717, 1.165) is 35.6 Å². The summed E-state index contributed by atoms with van der Waals surface area (Å²) in [6.45, 7) is 1.39. The average molecular weight is 390 g/mol. The van der Waals surface area contributed by atoms with Gasteiger partial charge in [0.25, 0.3) is 0 Å². The third-order valence-electron chi connectivity index (χ3n) is 4.06. The van der Waals surface area contributed by atoms with Gasteiger partial charge in [0, 0.05) is 5.56 Å². The molecule has 0 saturated heterocycles. The maximum absolute atomic E-state index is 12.9. The predicted octanol–water partition coefficient (Wildman–Crippen LogP) is 4.63. The van der Waals surface area contributed by atoms with Gasteiger partial charge >= 0.3 is 5.97 Å². The molecule has 27 heavy (non-hydrogen) atoms. The molecule has 3 aromatic rings. The number of carbonyl (C=O) groups is 1. The standard InChI is InChI=1S/C21H20FNO3.ClH/c1-25-21(24)17-6-4-16(5-7-17)20-11-10-19(26-20)14-23-13-12-15-2-8-18(22)9-3-15;/h2-11,23H,12-14H2,1H3;1H. The van der Waals surface area contributed by atoms with E-state index in [4.69, 9.17) is 4.42 Å². The van der Waals surface area contributed by atoms with E-state index in [-0.39, 0.29) is 24.2 Å². The van der Waals surface area contributed by atoms with Crippen LogP contribution in [0.25, 0.3) is 11.3 Å². The number of nitrogens with one attached hydrogen (secondary N) is 1. The van der Waals surface area contributed by atoms with Crippen LogP contribution in [0.2, 0.25) is 0 Å². The van der Waals surface area contributed by atoms with Crippen molar-refractivity contribution in [3.63, 3.8) is 0 Å². The van der Waals surface area contributed by atoms with E-state index < -0.39 is 0 Å². The highest BCUT2D eigenvalue weighted by atomic mass is 35.5. The van der Waals surface area contributed by atoms with Crippen LogP contribution < -0.4 is 5.32 Å². The minimum absolute atomic E-state index is 0. The van der Waals surface area contributed by atoms with E-state index >= 15 is 0 Å². The Hall–Kier alpha value is -2.63. The van der Waals surface area contributed by atoms with Crippen molar-refractivity contribution in [1.29, 1.82) is 0 Å². The van der Waals surface area contributed by atoms with E-state index in [2.05, 4.69) is 10.1 Å². The Labute approximate surface area is 163 Å². The first-order valence-corrected chi connectivity index (χ1v) is 8.38.